The maximum Gasteiger partial charge on any atom is 0.178 e. The fourth-order valence-electron chi connectivity index (χ4n) is 2.38. The predicted octanol–water partition coefficient (Wildman–Crippen LogP) is 2.82. The number of benzene rings is 1. The minimum Gasteiger partial charge on any atom is -0.494 e. The molecule has 1 N–H and O–H groups in total. The Morgan fingerprint density at radius 2 is 2.05 bits per heavy atom. The molecule has 22 heavy (non-hydrogen) atoms. The summed E-state index contributed by atoms with van der Waals surface area (Å²) in [5, 5.41) is 4.40. The van der Waals surface area contributed by atoms with Crippen LogP contribution in [0.4, 0.5) is 0 Å². The number of methoxy groups -OCH3 is 1. The smallest absolute Gasteiger partial charge is 0.178 e. The van der Waals surface area contributed by atoms with Crippen molar-refractivity contribution < 1.29 is 4.74 Å². The summed E-state index contributed by atoms with van der Waals surface area (Å²) < 4.78 is 7.14. The Morgan fingerprint density at radius 3 is 2.91 bits per heavy atom. The maximum atomic E-state index is 5.37. The third kappa shape index (κ3) is 2.01. The van der Waals surface area contributed by atoms with Gasteiger partial charge >= 0.3 is 0 Å². The van der Waals surface area contributed by atoms with Gasteiger partial charge in [0.1, 0.15) is 17.3 Å². The molecule has 4 rings (SSSR count). The zero-order chi connectivity index (χ0) is 14.9. The normalized spacial score (nSPS) is 11.0. The Bertz CT molecular complexity index is 907. The minimum atomic E-state index is 0.697. The SMILES string of the molecule is COc1ccccc1-n1cc(-c2nc3ncccc3[nH]2)cn1. The van der Waals surface area contributed by atoms with E-state index >= 15 is 0 Å². The van der Waals surface area contributed by atoms with Crippen LogP contribution >= 0.6 is 0 Å². The number of hydrogen-bond donors (Lipinski definition) is 1. The molecule has 3 heterocycles. The lowest BCUT2D eigenvalue weighted by atomic mass is 10.3. The quantitative estimate of drug-likeness (QED) is 0.630. The van der Waals surface area contributed by atoms with E-state index < -0.39 is 0 Å². The Balaban J connectivity index is 1.77. The molecule has 0 spiro atoms. The maximum absolute atomic E-state index is 5.37. The summed E-state index contributed by atoms with van der Waals surface area (Å²) in [7, 11) is 1.65. The highest BCUT2D eigenvalue weighted by molar-refractivity contribution is 5.75. The van der Waals surface area contributed by atoms with Crippen molar-refractivity contribution in [3.63, 3.8) is 0 Å². The molecular weight excluding hydrogens is 278 g/mol. The van der Waals surface area contributed by atoms with E-state index in [1.165, 1.54) is 0 Å². The topological polar surface area (TPSA) is 68.6 Å². The molecule has 0 saturated carbocycles. The van der Waals surface area contributed by atoms with Gasteiger partial charge in [0, 0.05) is 12.4 Å². The molecule has 3 aromatic heterocycles. The third-order valence-electron chi connectivity index (χ3n) is 3.45. The van der Waals surface area contributed by atoms with Crippen LogP contribution < -0.4 is 4.74 Å². The Morgan fingerprint density at radius 1 is 1.14 bits per heavy atom. The molecule has 0 amide bonds. The first-order valence-electron chi connectivity index (χ1n) is 6.84. The first kappa shape index (κ1) is 12.6. The van der Waals surface area contributed by atoms with Gasteiger partial charge in [0.15, 0.2) is 5.65 Å². The number of nitrogens with one attached hydrogen (secondary N) is 1. The van der Waals surface area contributed by atoms with E-state index in [1.54, 1.807) is 24.2 Å². The standard InChI is InChI=1S/C16H13N5O/c1-22-14-7-3-2-6-13(14)21-10-11(9-18-21)15-19-12-5-4-8-17-16(12)20-15/h2-10H,1H3,(H,17,19,20). The summed E-state index contributed by atoms with van der Waals surface area (Å²) in [6.45, 7) is 0. The highest BCUT2D eigenvalue weighted by Crippen LogP contribution is 2.24. The van der Waals surface area contributed by atoms with E-state index in [9.17, 15) is 0 Å². The first-order valence-corrected chi connectivity index (χ1v) is 6.84. The van der Waals surface area contributed by atoms with Crippen molar-refractivity contribution in [3.05, 3.63) is 55.0 Å². The lowest BCUT2D eigenvalue weighted by Crippen LogP contribution is -1.97. The minimum absolute atomic E-state index is 0.697. The average Bonchev–Trinajstić information content (AvgIpc) is 3.21. The van der Waals surface area contributed by atoms with Crippen LogP contribution in [0.25, 0.3) is 28.2 Å². The van der Waals surface area contributed by atoms with Crippen molar-refractivity contribution >= 4 is 11.2 Å². The lowest BCUT2D eigenvalue weighted by molar-refractivity contribution is 0.411. The van der Waals surface area contributed by atoms with Crippen molar-refractivity contribution in [1.29, 1.82) is 0 Å². The first-order chi connectivity index (χ1) is 10.8. The third-order valence-corrected chi connectivity index (χ3v) is 3.45. The number of hydrogen-bond acceptors (Lipinski definition) is 4. The van der Waals surface area contributed by atoms with Crippen LogP contribution in [-0.2, 0) is 0 Å². The van der Waals surface area contributed by atoms with Crippen LogP contribution in [0, 0.1) is 0 Å². The summed E-state index contributed by atoms with van der Waals surface area (Å²) in [6.07, 6.45) is 5.41. The van der Waals surface area contributed by atoms with E-state index in [4.69, 9.17) is 4.74 Å². The van der Waals surface area contributed by atoms with Gasteiger partial charge in [-0.2, -0.15) is 5.10 Å². The Hall–Kier alpha value is -3.15. The summed E-state index contributed by atoms with van der Waals surface area (Å²) in [5.74, 6) is 1.51. The van der Waals surface area contributed by atoms with Crippen molar-refractivity contribution in [1.82, 2.24) is 24.7 Å². The van der Waals surface area contributed by atoms with Crippen LogP contribution in [0.3, 0.4) is 0 Å². The highest BCUT2D eigenvalue weighted by atomic mass is 16.5. The monoisotopic (exact) mass is 291 g/mol. The summed E-state index contributed by atoms with van der Waals surface area (Å²) in [5.41, 5.74) is 3.37. The summed E-state index contributed by atoms with van der Waals surface area (Å²) >= 11 is 0. The number of ether oxygens (including phenoxy) is 1. The highest BCUT2D eigenvalue weighted by Gasteiger charge is 2.10. The molecule has 6 heteroatoms. The summed E-state index contributed by atoms with van der Waals surface area (Å²) in [4.78, 5) is 12.0. The number of aromatic nitrogens is 5. The van der Waals surface area contributed by atoms with Gasteiger partial charge in [-0.05, 0) is 24.3 Å². The van der Waals surface area contributed by atoms with Gasteiger partial charge in [-0.25, -0.2) is 14.6 Å². The fourth-order valence-corrected chi connectivity index (χ4v) is 2.38. The van der Waals surface area contributed by atoms with E-state index in [2.05, 4.69) is 20.1 Å². The van der Waals surface area contributed by atoms with Gasteiger partial charge < -0.3 is 9.72 Å². The second kappa shape index (κ2) is 5.00. The molecule has 0 aliphatic rings. The van der Waals surface area contributed by atoms with Gasteiger partial charge in [0.2, 0.25) is 0 Å². The number of nitrogens with zero attached hydrogens (tertiary/aromatic N) is 4. The zero-order valence-electron chi connectivity index (χ0n) is 11.9. The van der Waals surface area contributed by atoms with Gasteiger partial charge in [0.25, 0.3) is 0 Å². The second-order valence-electron chi connectivity index (χ2n) is 4.81. The lowest BCUT2D eigenvalue weighted by Gasteiger charge is -2.07. The Kier molecular flexibility index (Phi) is 2.86. The van der Waals surface area contributed by atoms with Crippen molar-refractivity contribution in [2.45, 2.75) is 0 Å². The molecule has 0 atom stereocenters. The van der Waals surface area contributed by atoms with E-state index in [1.807, 2.05) is 42.6 Å². The van der Waals surface area contributed by atoms with Gasteiger partial charge in [0.05, 0.1) is 24.4 Å². The number of para-hydroxylation sites is 2. The van der Waals surface area contributed by atoms with Crippen LogP contribution in [0.5, 0.6) is 5.75 Å². The van der Waals surface area contributed by atoms with Crippen molar-refractivity contribution in [2.75, 3.05) is 7.11 Å². The molecule has 0 bridgehead atoms. The van der Waals surface area contributed by atoms with Crippen LogP contribution in [0.1, 0.15) is 0 Å². The van der Waals surface area contributed by atoms with Crippen molar-refractivity contribution in [3.8, 4) is 22.8 Å². The molecule has 0 fully saturated rings. The molecule has 0 aliphatic carbocycles. The molecule has 0 aliphatic heterocycles. The van der Waals surface area contributed by atoms with E-state index in [0.717, 1.165) is 28.3 Å². The molecule has 0 saturated heterocycles. The van der Waals surface area contributed by atoms with Crippen LogP contribution in [0.2, 0.25) is 0 Å². The second-order valence-corrected chi connectivity index (χ2v) is 4.81. The van der Waals surface area contributed by atoms with E-state index in [0.29, 0.717) is 5.65 Å². The zero-order valence-corrected chi connectivity index (χ0v) is 11.9. The summed E-state index contributed by atoms with van der Waals surface area (Å²) in [6, 6.07) is 11.6. The van der Waals surface area contributed by atoms with Gasteiger partial charge in [-0.15, -0.1) is 0 Å². The van der Waals surface area contributed by atoms with Crippen molar-refractivity contribution in [2.24, 2.45) is 0 Å². The fraction of sp³-hybridized carbons (Fsp3) is 0.0625. The molecule has 1 aromatic carbocycles. The van der Waals surface area contributed by atoms with Gasteiger partial charge in [-0.3, -0.25) is 0 Å². The molecular formula is C16H13N5O. The molecule has 0 unspecified atom stereocenters. The predicted molar refractivity (Wildman–Crippen MR) is 83.0 cm³/mol. The molecule has 4 aromatic rings. The van der Waals surface area contributed by atoms with Crippen LogP contribution in [0.15, 0.2) is 55.0 Å². The number of pyridine rings is 1. The number of H-pyrrole nitrogens is 1. The number of rotatable bonds is 3. The average molecular weight is 291 g/mol. The molecule has 0 radical (unpaired) electrons. The Labute approximate surface area is 126 Å². The number of imidazole rings is 1. The van der Waals surface area contributed by atoms with E-state index in [-0.39, 0.29) is 0 Å². The number of fused-ring (bicyclic) bond motifs is 1. The molecule has 108 valence electrons. The molecule has 6 nitrogen and oxygen atoms in total. The largest absolute Gasteiger partial charge is 0.494 e. The number of aromatic amines is 1. The van der Waals surface area contributed by atoms with Gasteiger partial charge in [-0.1, -0.05) is 12.1 Å². The van der Waals surface area contributed by atoms with Crippen LogP contribution in [-0.4, -0.2) is 31.8 Å².